The Kier molecular flexibility index (Phi) is 5.36. The van der Waals surface area contributed by atoms with Gasteiger partial charge in [-0.15, -0.1) is 0 Å². The molecule has 0 aromatic heterocycles. The van der Waals surface area contributed by atoms with Gasteiger partial charge in [0.1, 0.15) is 11.7 Å². The van der Waals surface area contributed by atoms with Crippen LogP contribution in [0.25, 0.3) is 0 Å². The Labute approximate surface area is 130 Å². The Balaban J connectivity index is 3.12. The van der Waals surface area contributed by atoms with Crippen molar-refractivity contribution in [1.29, 1.82) is 0 Å². The van der Waals surface area contributed by atoms with Crippen molar-refractivity contribution in [2.24, 2.45) is 5.92 Å². The third-order valence-electron chi connectivity index (χ3n) is 2.77. The van der Waals surface area contributed by atoms with Gasteiger partial charge in [0.2, 0.25) is 0 Å². The maximum absolute atomic E-state index is 13.1. The second-order valence-corrected chi connectivity index (χ2v) is 5.85. The Bertz CT molecular complexity index is 578. The summed E-state index contributed by atoms with van der Waals surface area (Å²) in [6.07, 6.45) is -7.27. The molecule has 0 aliphatic rings. The Morgan fingerprint density at radius 1 is 1.22 bits per heavy atom. The fourth-order valence-corrected chi connectivity index (χ4v) is 1.79. The summed E-state index contributed by atoms with van der Waals surface area (Å²) in [7, 11) is 0. The second-order valence-electron chi connectivity index (χ2n) is 5.85. The summed E-state index contributed by atoms with van der Waals surface area (Å²) in [5.41, 5.74) is -1.78. The maximum atomic E-state index is 13.1. The number of hydrogen-bond donors (Lipinski definition) is 1. The van der Waals surface area contributed by atoms with Crippen LogP contribution in [0.4, 0.5) is 18.9 Å². The molecule has 0 amide bonds. The number of nitrogens with zero attached hydrogens (tertiary/aromatic N) is 1. The van der Waals surface area contributed by atoms with Gasteiger partial charge >= 0.3 is 12.1 Å². The zero-order valence-corrected chi connectivity index (χ0v) is 12.6. The highest BCUT2D eigenvalue weighted by atomic mass is 19.4. The third-order valence-corrected chi connectivity index (χ3v) is 2.77. The van der Waals surface area contributed by atoms with Crippen molar-refractivity contribution in [2.75, 3.05) is 0 Å². The lowest BCUT2D eigenvalue weighted by Gasteiger charge is -2.28. The molecule has 0 saturated heterocycles. The Morgan fingerprint density at radius 3 is 2.04 bits per heavy atom. The summed E-state index contributed by atoms with van der Waals surface area (Å²) in [5, 5.41) is 20.5. The fraction of sp³-hybridized carbons (Fsp3) is 0.500. The van der Waals surface area contributed by atoms with E-state index in [1.807, 2.05) is 0 Å². The summed E-state index contributed by atoms with van der Waals surface area (Å²) in [4.78, 5) is 21.6. The topological polar surface area (TPSA) is 89.7 Å². The first-order chi connectivity index (χ1) is 10.3. The molecule has 0 bridgehead atoms. The first kappa shape index (κ1) is 18.9. The number of aliphatic hydroxyl groups is 1. The monoisotopic (exact) mass is 335 g/mol. The molecule has 0 radical (unpaired) electrons. The molecule has 1 aromatic carbocycles. The molecule has 1 rings (SSSR count). The highest BCUT2D eigenvalue weighted by Crippen LogP contribution is 2.38. The molecule has 0 fully saturated rings. The number of esters is 1. The van der Waals surface area contributed by atoms with Crippen LogP contribution >= 0.6 is 0 Å². The summed E-state index contributed by atoms with van der Waals surface area (Å²) in [5.74, 6) is -4.40. The van der Waals surface area contributed by atoms with Crippen LogP contribution in [-0.2, 0) is 9.53 Å². The SMILES string of the molecule is CC(C)(C)OC(=O)[C@H]([C@@H](O)c1ccc([N+](=O)[O-])cc1)C(F)(F)F. The van der Waals surface area contributed by atoms with Gasteiger partial charge in [-0.25, -0.2) is 0 Å². The van der Waals surface area contributed by atoms with Gasteiger partial charge in [0, 0.05) is 12.1 Å². The molecular weight excluding hydrogens is 319 g/mol. The molecule has 0 saturated carbocycles. The standard InChI is InChI=1S/C14H16F3NO5/c1-13(2,3)23-12(20)10(14(15,16)17)11(19)8-4-6-9(7-5-8)18(21)22/h4-7,10-11,19H,1-3H3/t10-,11-/m0/s1. The molecule has 9 heteroatoms. The van der Waals surface area contributed by atoms with Crippen LogP contribution in [0, 0.1) is 16.0 Å². The highest BCUT2D eigenvalue weighted by Gasteiger charge is 2.51. The van der Waals surface area contributed by atoms with Crippen LogP contribution in [0.5, 0.6) is 0 Å². The normalized spacial score (nSPS) is 14.9. The van der Waals surface area contributed by atoms with Crippen LogP contribution in [0.3, 0.4) is 0 Å². The maximum Gasteiger partial charge on any atom is 0.405 e. The minimum absolute atomic E-state index is 0.274. The first-order valence-corrected chi connectivity index (χ1v) is 6.55. The number of ether oxygens (including phenoxy) is 1. The van der Waals surface area contributed by atoms with E-state index in [9.17, 15) is 33.2 Å². The van der Waals surface area contributed by atoms with Crippen LogP contribution in [0.2, 0.25) is 0 Å². The van der Waals surface area contributed by atoms with Crippen molar-refractivity contribution in [3.8, 4) is 0 Å². The number of benzene rings is 1. The van der Waals surface area contributed by atoms with Gasteiger partial charge in [0.25, 0.3) is 5.69 Å². The summed E-state index contributed by atoms with van der Waals surface area (Å²) >= 11 is 0. The number of aliphatic hydroxyl groups excluding tert-OH is 1. The number of carbonyl (C=O) groups excluding carboxylic acids is 1. The van der Waals surface area contributed by atoms with Gasteiger partial charge < -0.3 is 9.84 Å². The predicted molar refractivity (Wildman–Crippen MR) is 73.4 cm³/mol. The zero-order valence-electron chi connectivity index (χ0n) is 12.6. The third kappa shape index (κ3) is 5.20. The molecule has 0 unspecified atom stereocenters. The molecule has 0 spiro atoms. The number of hydrogen-bond acceptors (Lipinski definition) is 5. The van der Waals surface area contributed by atoms with Crippen LogP contribution in [0.15, 0.2) is 24.3 Å². The van der Waals surface area contributed by atoms with E-state index in [2.05, 4.69) is 0 Å². The van der Waals surface area contributed by atoms with E-state index < -0.39 is 34.7 Å². The van der Waals surface area contributed by atoms with E-state index in [4.69, 9.17) is 4.74 Å². The molecule has 6 nitrogen and oxygen atoms in total. The Hall–Kier alpha value is -2.16. The summed E-state index contributed by atoms with van der Waals surface area (Å²) in [6.45, 7) is 4.20. The second kappa shape index (κ2) is 6.53. The van der Waals surface area contributed by atoms with Crippen molar-refractivity contribution in [2.45, 2.75) is 38.7 Å². The van der Waals surface area contributed by atoms with Gasteiger partial charge in [-0.2, -0.15) is 13.2 Å². The lowest BCUT2D eigenvalue weighted by atomic mass is 9.94. The van der Waals surface area contributed by atoms with Gasteiger partial charge in [0.15, 0.2) is 5.92 Å². The molecule has 2 atom stereocenters. The van der Waals surface area contributed by atoms with Crippen molar-refractivity contribution >= 4 is 11.7 Å². The van der Waals surface area contributed by atoms with Crippen LogP contribution < -0.4 is 0 Å². The van der Waals surface area contributed by atoms with E-state index in [0.717, 1.165) is 24.3 Å². The number of nitro groups is 1. The van der Waals surface area contributed by atoms with E-state index in [1.165, 1.54) is 20.8 Å². The molecule has 0 aliphatic carbocycles. The van der Waals surface area contributed by atoms with Crippen LogP contribution in [0.1, 0.15) is 32.4 Å². The zero-order chi connectivity index (χ0) is 18.0. The Morgan fingerprint density at radius 2 is 1.70 bits per heavy atom. The van der Waals surface area contributed by atoms with E-state index >= 15 is 0 Å². The van der Waals surface area contributed by atoms with E-state index in [1.54, 1.807) is 0 Å². The highest BCUT2D eigenvalue weighted by molar-refractivity contribution is 5.74. The number of halogens is 3. The van der Waals surface area contributed by atoms with Crippen molar-refractivity contribution in [1.82, 2.24) is 0 Å². The molecule has 1 N–H and O–H groups in total. The molecule has 23 heavy (non-hydrogen) atoms. The number of rotatable bonds is 4. The molecule has 1 aromatic rings. The fourth-order valence-electron chi connectivity index (χ4n) is 1.79. The lowest BCUT2D eigenvalue weighted by molar-refractivity contribution is -0.384. The summed E-state index contributed by atoms with van der Waals surface area (Å²) < 4.78 is 44.1. The largest absolute Gasteiger partial charge is 0.459 e. The predicted octanol–water partition coefficient (Wildman–Crippen LogP) is 3.15. The van der Waals surface area contributed by atoms with Gasteiger partial charge in [0.05, 0.1) is 4.92 Å². The van der Waals surface area contributed by atoms with Crippen molar-refractivity contribution < 1.29 is 32.7 Å². The number of non-ortho nitro benzene ring substituents is 1. The van der Waals surface area contributed by atoms with Crippen molar-refractivity contribution in [3.63, 3.8) is 0 Å². The van der Waals surface area contributed by atoms with E-state index in [0.29, 0.717) is 0 Å². The average molecular weight is 335 g/mol. The van der Waals surface area contributed by atoms with Crippen LogP contribution in [-0.4, -0.2) is 27.8 Å². The lowest BCUT2D eigenvalue weighted by Crippen LogP contribution is -2.40. The number of nitro benzene ring substituents is 1. The minimum atomic E-state index is -5.04. The number of carbonyl (C=O) groups is 1. The molecule has 0 aliphatic heterocycles. The van der Waals surface area contributed by atoms with Gasteiger partial charge in [-0.1, -0.05) is 0 Å². The average Bonchev–Trinajstić information content (AvgIpc) is 2.34. The van der Waals surface area contributed by atoms with Gasteiger partial charge in [-0.3, -0.25) is 14.9 Å². The van der Waals surface area contributed by atoms with E-state index in [-0.39, 0.29) is 11.3 Å². The first-order valence-electron chi connectivity index (χ1n) is 6.55. The van der Waals surface area contributed by atoms with Gasteiger partial charge in [-0.05, 0) is 38.5 Å². The molecule has 128 valence electrons. The molecule has 0 heterocycles. The smallest absolute Gasteiger partial charge is 0.405 e. The minimum Gasteiger partial charge on any atom is -0.459 e. The quantitative estimate of drug-likeness (QED) is 0.519. The number of alkyl halides is 3. The summed E-state index contributed by atoms with van der Waals surface area (Å²) in [6, 6.07) is 3.82. The van der Waals surface area contributed by atoms with Crippen molar-refractivity contribution in [3.05, 3.63) is 39.9 Å². The molecular formula is C14H16F3NO5.